The third kappa shape index (κ3) is 60.0. The van der Waals surface area contributed by atoms with Crippen LogP contribution in [0, 0.1) is 0 Å². The fraction of sp³-hybridized carbons (Fsp3) is 0.809. The van der Waals surface area contributed by atoms with Gasteiger partial charge in [-0.2, -0.15) is 0 Å². The maximum atomic E-state index is 12.8. The van der Waals surface area contributed by atoms with Crippen LogP contribution in [0.5, 0.6) is 0 Å². The Labute approximate surface area is 460 Å². The Kier molecular flexibility index (Phi) is 60.2. The van der Waals surface area contributed by atoms with Crippen LogP contribution in [0.25, 0.3) is 0 Å². The molecular formula is C68H122O6. The van der Waals surface area contributed by atoms with E-state index in [0.717, 1.165) is 96.3 Å². The van der Waals surface area contributed by atoms with Crippen LogP contribution in [0.2, 0.25) is 0 Å². The molecule has 6 nitrogen and oxygen atoms in total. The molecule has 1 unspecified atom stereocenters. The van der Waals surface area contributed by atoms with Crippen LogP contribution in [0.3, 0.4) is 0 Å². The number of ether oxygens (including phenoxy) is 3. The Morgan fingerprint density at radius 2 is 0.514 bits per heavy atom. The molecule has 0 N–H and O–H groups in total. The number of esters is 3. The number of rotatable bonds is 59. The van der Waals surface area contributed by atoms with Crippen molar-refractivity contribution in [2.24, 2.45) is 0 Å². The third-order valence-electron chi connectivity index (χ3n) is 14.2. The van der Waals surface area contributed by atoms with Gasteiger partial charge >= 0.3 is 17.9 Å². The summed E-state index contributed by atoms with van der Waals surface area (Å²) in [4.78, 5) is 38.1. The molecule has 0 spiro atoms. The maximum absolute atomic E-state index is 12.8. The van der Waals surface area contributed by atoms with Gasteiger partial charge in [0.05, 0.1) is 0 Å². The van der Waals surface area contributed by atoms with Crippen LogP contribution >= 0.6 is 0 Å². The summed E-state index contributed by atoms with van der Waals surface area (Å²) in [6.45, 7) is 6.57. The molecule has 74 heavy (non-hydrogen) atoms. The second-order valence-electron chi connectivity index (χ2n) is 21.7. The molecule has 0 rings (SSSR count). The van der Waals surface area contributed by atoms with Gasteiger partial charge in [-0.1, -0.05) is 274 Å². The van der Waals surface area contributed by atoms with E-state index < -0.39 is 6.10 Å². The van der Waals surface area contributed by atoms with Crippen LogP contribution in [-0.4, -0.2) is 37.2 Å². The molecule has 0 aromatic rings. The summed E-state index contributed by atoms with van der Waals surface area (Å²) in [5.41, 5.74) is 0. The molecule has 0 fully saturated rings. The largest absolute Gasteiger partial charge is 0.462 e. The highest BCUT2D eigenvalue weighted by atomic mass is 16.6. The molecule has 0 amide bonds. The van der Waals surface area contributed by atoms with E-state index >= 15 is 0 Å². The van der Waals surface area contributed by atoms with Crippen molar-refractivity contribution in [2.45, 2.75) is 341 Å². The van der Waals surface area contributed by atoms with Crippen molar-refractivity contribution < 1.29 is 28.6 Å². The van der Waals surface area contributed by atoms with Gasteiger partial charge in [0.15, 0.2) is 6.10 Å². The highest BCUT2D eigenvalue weighted by molar-refractivity contribution is 5.71. The minimum atomic E-state index is -0.779. The zero-order valence-electron chi connectivity index (χ0n) is 49.4. The molecule has 6 heteroatoms. The van der Waals surface area contributed by atoms with Crippen LogP contribution in [0.15, 0.2) is 60.8 Å². The van der Waals surface area contributed by atoms with Crippen molar-refractivity contribution in [3.8, 4) is 0 Å². The zero-order chi connectivity index (χ0) is 53.6. The lowest BCUT2D eigenvalue weighted by molar-refractivity contribution is -0.167. The van der Waals surface area contributed by atoms with E-state index in [-0.39, 0.29) is 31.1 Å². The summed E-state index contributed by atoms with van der Waals surface area (Å²) in [5, 5.41) is 0. The van der Waals surface area contributed by atoms with Crippen molar-refractivity contribution in [1.29, 1.82) is 0 Å². The Bertz CT molecular complexity index is 1330. The van der Waals surface area contributed by atoms with Crippen LogP contribution < -0.4 is 0 Å². The maximum Gasteiger partial charge on any atom is 0.306 e. The fourth-order valence-electron chi connectivity index (χ4n) is 9.33. The Hall–Kier alpha value is -2.89. The minimum absolute atomic E-state index is 0.0772. The molecule has 0 bridgehead atoms. The number of hydrogen-bond acceptors (Lipinski definition) is 6. The number of allylic oxidation sites excluding steroid dienone is 10. The minimum Gasteiger partial charge on any atom is -0.462 e. The van der Waals surface area contributed by atoms with Gasteiger partial charge in [0.2, 0.25) is 0 Å². The van der Waals surface area contributed by atoms with Crippen molar-refractivity contribution in [3.05, 3.63) is 60.8 Å². The molecule has 0 heterocycles. The van der Waals surface area contributed by atoms with Crippen LogP contribution in [0.1, 0.15) is 335 Å². The lowest BCUT2D eigenvalue weighted by Crippen LogP contribution is -2.30. The van der Waals surface area contributed by atoms with Crippen molar-refractivity contribution in [3.63, 3.8) is 0 Å². The van der Waals surface area contributed by atoms with Gasteiger partial charge in [0.25, 0.3) is 0 Å². The predicted molar refractivity (Wildman–Crippen MR) is 321 cm³/mol. The molecule has 0 aromatic carbocycles. The molecule has 0 aromatic heterocycles. The molecule has 0 aliphatic heterocycles. The van der Waals surface area contributed by atoms with Gasteiger partial charge in [-0.25, -0.2) is 0 Å². The average Bonchev–Trinajstić information content (AvgIpc) is 3.40. The number of unbranched alkanes of at least 4 members (excludes halogenated alkanes) is 38. The van der Waals surface area contributed by atoms with E-state index in [1.54, 1.807) is 0 Å². The summed E-state index contributed by atoms with van der Waals surface area (Å²) in [6, 6.07) is 0. The normalized spacial score (nSPS) is 12.4. The highest BCUT2D eigenvalue weighted by Crippen LogP contribution is 2.17. The van der Waals surface area contributed by atoms with E-state index in [4.69, 9.17) is 14.2 Å². The quantitative estimate of drug-likeness (QED) is 0.0261. The second-order valence-corrected chi connectivity index (χ2v) is 21.7. The highest BCUT2D eigenvalue weighted by Gasteiger charge is 2.19. The van der Waals surface area contributed by atoms with Gasteiger partial charge in [-0.15, -0.1) is 0 Å². The molecule has 430 valence electrons. The van der Waals surface area contributed by atoms with Gasteiger partial charge in [-0.05, 0) is 103 Å². The Morgan fingerprint density at radius 3 is 0.838 bits per heavy atom. The SMILES string of the molecule is CCC/C=C\CCCCCCCC(=O)OCC(COC(=O)CCCCCCCCCCCCCCCCCCCC/C=C\C/C=C\C/C=C\CCCCCCC)OC(=O)CCCCCCC/C=C\CCCCCC. The van der Waals surface area contributed by atoms with Gasteiger partial charge < -0.3 is 14.2 Å². The summed E-state index contributed by atoms with van der Waals surface area (Å²) in [7, 11) is 0. The van der Waals surface area contributed by atoms with Crippen molar-refractivity contribution in [1.82, 2.24) is 0 Å². The molecule has 0 saturated carbocycles. The van der Waals surface area contributed by atoms with E-state index in [1.807, 2.05) is 0 Å². The second kappa shape index (κ2) is 62.6. The monoisotopic (exact) mass is 1030 g/mol. The van der Waals surface area contributed by atoms with E-state index in [9.17, 15) is 14.4 Å². The zero-order valence-corrected chi connectivity index (χ0v) is 49.4. The molecule has 1 atom stereocenters. The summed E-state index contributed by atoms with van der Waals surface area (Å²) in [6.07, 6.45) is 79.7. The van der Waals surface area contributed by atoms with Crippen LogP contribution in [-0.2, 0) is 28.6 Å². The molecule has 0 aliphatic rings. The Balaban J connectivity index is 4.04. The van der Waals surface area contributed by atoms with Crippen molar-refractivity contribution in [2.75, 3.05) is 13.2 Å². The average molecular weight is 1040 g/mol. The molecular weight excluding hydrogens is 913 g/mol. The first-order valence-electron chi connectivity index (χ1n) is 32.3. The number of carbonyl (C=O) groups is 3. The van der Waals surface area contributed by atoms with Crippen LogP contribution in [0.4, 0.5) is 0 Å². The fourth-order valence-corrected chi connectivity index (χ4v) is 9.33. The molecule has 0 aliphatic carbocycles. The Morgan fingerprint density at radius 1 is 0.270 bits per heavy atom. The summed E-state index contributed by atoms with van der Waals surface area (Å²) >= 11 is 0. The van der Waals surface area contributed by atoms with Gasteiger partial charge in [-0.3, -0.25) is 14.4 Å². The number of hydrogen-bond donors (Lipinski definition) is 0. The smallest absolute Gasteiger partial charge is 0.306 e. The summed E-state index contributed by atoms with van der Waals surface area (Å²) < 4.78 is 16.8. The number of carbonyl (C=O) groups excluding carboxylic acids is 3. The topological polar surface area (TPSA) is 78.9 Å². The van der Waals surface area contributed by atoms with Crippen molar-refractivity contribution >= 4 is 17.9 Å². The first-order chi connectivity index (χ1) is 36.5. The van der Waals surface area contributed by atoms with E-state index in [2.05, 4.69) is 81.5 Å². The first-order valence-corrected chi connectivity index (χ1v) is 32.3. The first kappa shape index (κ1) is 71.1. The predicted octanol–water partition coefficient (Wildman–Crippen LogP) is 21.9. The standard InChI is InChI=1S/C68H122O6/c1-4-7-10-13-16-19-22-24-25-26-27-28-29-30-31-32-33-34-35-36-37-38-39-40-41-42-43-45-46-49-52-55-58-61-67(70)73-64-65(63-72-66(69)60-57-54-51-48-21-18-15-12-9-6-3)74-68(71)62-59-56-53-50-47-44-23-20-17-14-11-8-5-2/h12,15,20,22-24,26-27,29-30,65H,4-11,13-14,16-19,21,25,28,31-64H2,1-3H3/b15-12-,23-20-,24-22-,27-26-,30-29-. The lowest BCUT2D eigenvalue weighted by atomic mass is 10.0. The van der Waals surface area contributed by atoms with E-state index in [0.29, 0.717) is 19.3 Å². The lowest BCUT2D eigenvalue weighted by Gasteiger charge is -2.18. The van der Waals surface area contributed by atoms with Gasteiger partial charge in [0, 0.05) is 19.3 Å². The summed E-state index contributed by atoms with van der Waals surface area (Å²) in [5.74, 6) is -0.884. The molecule has 0 saturated heterocycles. The third-order valence-corrected chi connectivity index (χ3v) is 14.2. The molecule has 0 radical (unpaired) electrons. The van der Waals surface area contributed by atoms with E-state index in [1.165, 1.54) is 199 Å². The van der Waals surface area contributed by atoms with Gasteiger partial charge in [0.1, 0.15) is 13.2 Å².